The Labute approximate surface area is 92.9 Å². The van der Waals surface area contributed by atoms with E-state index in [1.54, 1.807) is 19.2 Å². The molecule has 1 aromatic heterocycles. The van der Waals surface area contributed by atoms with Crippen molar-refractivity contribution < 1.29 is 13.9 Å². The zero-order valence-electron chi connectivity index (χ0n) is 9.03. The molecule has 2 N–H and O–H groups in total. The van der Waals surface area contributed by atoms with Crippen LogP contribution in [0.5, 0.6) is 0 Å². The number of nitrogens with one attached hydrogen (secondary N) is 1. The average Bonchev–Trinajstić information content (AvgIpc) is 2.28. The van der Waals surface area contributed by atoms with E-state index in [9.17, 15) is 8.78 Å². The molecule has 0 aromatic carbocycles. The van der Waals surface area contributed by atoms with Gasteiger partial charge in [0.05, 0.1) is 13.2 Å². The minimum absolute atomic E-state index is 0.163. The summed E-state index contributed by atoms with van der Waals surface area (Å²) in [6, 6.07) is 3.30. The fourth-order valence-electron chi connectivity index (χ4n) is 1.37. The van der Waals surface area contributed by atoms with Crippen LogP contribution in [0, 0.1) is 0 Å². The van der Waals surface area contributed by atoms with Crippen LogP contribution in [0.25, 0.3) is 0 Å². The van der Waals surface area contributed by atoms with Gasteiger partial charge in [0, 0.05) is 31.5 Å². The summed E-state index contributed by atoms with van der Waals surface area (Å²) in [4.78, 5) is 5.42. The van der Waals surface area contributed by atoms with Crippen molar-refractivity contribution in [3.63, 3.8) is 0 Å². The minimum atomic E-state index is -2.43. The maximum atomic E-state index is 12.3. The van der Waals surface area contributed by atoms with Crippen molar-refractivity contribution in [2.75, 3.05) is 37.0 Å². The summed E-state index contributed by atoms with van der Waals surface area (Å²) in [5.41, 5.74) is 0.619. The fraction of sp³-hybridized carbons (Fsp3) is 0.500. The Balaban J connectivity index is 2.82. The van der Waals surface area contributed by atoms with Crippen molar-refractivity contribution in [2.45, 2.75) is 6.43 Å². The number of hydrogen-bond acceptors (Lipinski definition) is 4. The van der Waals surface area contributed by atoms with E-state index < -0.39 is 13.0 Å². The molecule has 0 saturated carbocycles. The number of aromatic nitrogens is 1. The summed E-state index contributed by atoms with van der Waals surface area (Å²) in [6.45, 7) is -0.380. The summed E-state index contributed by atoms with van der Waals surface area (Å²) in [5, 5.41) is 11.6. The van der Waals surface area contributed by atoms with Crippen molar-refractivity contribution in [3.05, 3.63) is 18.3 Å². The molecule has 0 saturated heterocycles. The van der Waals surface area contributed by atoms with Gasteiger partial charge in [-0.05, 0) is 6.07 Å². The van der Waals surface area contributed by atoms with Crippen LogP contribution in [0.3, 0.4) is 0 Å². The Morgan fingerprint density at radius 2 is 2.31 bits per heavy atom. The molecule has 16 heavy (non-hydrogen) atoms. The zero-order valence-corrected chi connectivity index (χ0v) is 9.03. The Morgan fingerprint density at radius 1 is 1.56 bits per heavy atom. The van der Waals surface area contributed by atoms with Crippen molar-refractivity contribution in [3.8, 4) is 0 Å². The van der Waals surface area contributed by atoms with Crippen LogP contribution in [0.2, 0.25) is 0 Å². The third kappa shape index (κ3) is 3.62. The van der Waals surface area contributed by atoms with Gasteiger partial charge in [-0.1, -0.05) is 0 Å². The number of aliphatic hydroxyl groups is 1. The first-order valence-electron chi connectivity index (χ1n) is 4.95. The second kappa shape index (κ2) is 6.22. The Kier molecular flexibility index (Phi) is 4.91. The van der Waals surface area contributed by atoms with E-state index in [0.717, 1.165) is 0 Å². The number of nitrogens with zero attached hydrogens (tertiary/aromatic N) is 2. The predicted molar refractivity (Wildman–Crippen MR) is 59.1 cm³/mol. The molecule has 0 radical (unpaired) electrons. The van der Waals surface area contributed by atoms with Crippen molar-refractivity contribution in [1.82, 2.24) is 4.98 Å². The van der Waals surface area contributed by atoms with Crippen molar-refractivity contribution >= 4 is 11.5 Å². The molecule has 90 valence electrons. The van der Waals surface area contributed by atoms with E-state index >= 15 is 0 Å². The first kappa shape index (κ1) is 12.6. The van der Waals surface area contributed by atoms with Crippen LogP contribution in [0.4, 0.5) is 20.3 Å². The van der Waals surface area contributed by atoms with E-state index in [0.29, 0.717) is 11.5 Å². The predicted octanol–water partition coefficient (Wildman–Crippen LogP) is 1.19. The van der Waals surface area contributed by atoms with Gasteiger partial charge in [0.2, 0.25) is 0 Å². The van der Waals surface area contributed by atoms with Gasteiger partial charge in [-0.2, -0.15) is 0 Å². The van der Waals surface area contributed by atoms with Crippen LogP contribution in [-0.2, 0) is 0 Å². The molecule has 1 aromatic rings. The molecule has 0 atom stereocenters. The number of hydrogen-bond donors (Lipinski definition) is 2. The molecular weight excluding hydrogens is 216 g/mol. The van der Waals surface area contributed by atoms with Crippen LogP contribution in [-0.4, -0.2) is 43.3 Å². The van der Waals surface area contributed by atoms with E-state index in [1.165, 1.54) is 11.1 Å². The van der Waals surface area contributed by atoms with Gasteiger partial charge in [0.25, 0.3) is 6.43 Å². The average molecular weight is 231 g/mol. The van der Waals surface area contributed by atoms with Gasteiger partial charge in [0.1, 0.15) is 5.82 Å². The smallest absolute Gasteiger partial charge is 0.255 e. The normalized spacial score (nSPS) is 10.6. The fourth-order valence-corrected chi connectivity index (χ4v) is 1.37. The number of alkyl halides is 2. The van der Waals surface area contributed by atoms with Crippen LogP contribution in [0.1, 0.15) is 0 Å². The van der Waals surface area contributed by atoms with E-state index in [-0.39, 0.29) is 13.2 Å². The number of anilines is 2. The lowest BCUT2D eigenvalue weighted by Crippen LogP contribution is -2.31. The molecule has 0 aliphatic heterocycles. The SMILES string of the molecule is CNc1cc(N(CCO)CC(F)F)ccn1. The highest BCUT2D eigenvalue weighted by atomic mass is 19.3. The second-order valence-corrected chi connectivity index (χ2v) is 3.21. The van der Waals surface area contributed by atoms with Crippen LogP contribution in [0.15, 0.2) is 18.3 Å². The standard InChI is InChI=1S/C10H15F2N3O/c1-13-10-6-8(2-3-14-10)15(4-5-16)7-9(11)12/h2-3,6,9,16H,4-5,7H2,1H3,(H,13,14). The topological polar surface area (TPSA) is 48.4 Å². The molecule has 0 aliphatic rings. The molecule has 0 fully saturated rings. The summed E-state index contributed by atoms with van der Waals surface area (Å²) in [6.07, 6.45) is -0.894. The number of rotatable bonds is 6. The summed E-state index contributed by atoms with van der Waals surface area (Å²) in [7, 11) is 1.70. The molecule has 1 rings (SSSR count). The molecule has 4 nitrogen and oxygen atoms in total. The van der Waals surface area contributed by atoms with E-state index in [1.807, 2.05) is 0 Å². The highest BCUT2D eigenvalue weighted by molar-refractivity contribution is 5.53. The molecule has 0 amide bonds. The third-order valence-corrected chi connectivity index (χ3v) is 2.09. The number of pyridine rings is 1. The maximum Gasteiger partial charge on any atom is 0.255 e. The molecule has 0 aliphatic carbocycles. The van der Waals surface area contributed by atoms with Gasteiger partial charge in [-0.3, -0.25) is 0 Å². The lowest BCUT2D eigenvalue weighted by Gasteiger charge is -2.23. The first-order valence-corrected chi connectivity index (χ1v) is 4.95. The largest absolute Gasteiger partial charge is 0.395 e. The highest BCUT2D eigenvalue weighted by Crippen LogP contribution is 2.17. The van der Waals surface area contributed by atoms with Gasteiger partial charge in [-0.15, -0.1) is 0 Å². The Hall–Kier alpha value is -1.43. The summed E-state index contributed by atoms with van der Waals surface area (Å²) >= 11 is 0. The number of halogens is 2. The quantitative estimate of drug-likeness (QED) is 0.772. The van der Waals surface area contributed by atoms with Gasteiger partial charge < -0.3 is 15.3 Å². The summed E-state index contributed by atoms with van der Waals surface area (Å²) in [5.74, 6) is 0.606. The third-order valence-electron chi connectivity index (χ3n) is 2.09. The monoisotopic (exact) mass is 231 g/mol. The second-order valence-electron chi connectivity index (χ2n) is 3.21. The summed E-state index contributed by atoms with van der Waals surface area (Å²) < 4.78 is 24.6. The Morgan fingerprint density at radius 3 is 2.88 bits per heavy atom. The molecule has 1 heterocycles. The highest BCUT2D eigenvalue weighted by Gasteiger charge is 2.12. The van der Waals surface area contributed by atoms with Crippen molar-refractivity contribution in [2.24, 2.45) is 0 Å². The molecular formula is C10H15F2N3O. The molecule has 0 spiro atoms. The molecule has 0 bridgehead atoms. The maximum absolute atomic E-state index is 12.3. The zero-order chi connectivity index (χ0) is 12.0. The Bertz CT molecular complexity index is 323. The minimum Gasteiger partial charge on any atom is -0.395 e. The van der Waals surface area contributed by atoms with Crippen molar-refractivity contribution in [1.29, 1.82) is 0 Å². The van der Waals surface area contributed by atoms with Gasteiger partial charge in [0.15, 0.2) is 0 Å². The van der Waals surface area contributed by atoms with Gasteiger partial charge in [-0.25, -0.2) is 13.8 Å². The van der Waals surface area contributed by atoms with E-state index in [4.69, 9.17) is 5.11 Å². The van der Waals surface area contributed by atoms with E-state index in [2.05, 4.69) is 10.3 Å². The first-order chi connectivity index (χ1) is 7.67. The van der Waals surface area contributed by atoms with Crippen LogP contribution >= 0.6 is 0 Å². The van der Waals surface area contributed by atoms with Crippen LogP contribution < -0.4 is 10.2 Å². The van der Waals surface area contributed by atoms with Gasteiger partial charge >= 0.3 is 0 Å². The molecule has 6 heteroatoms. The molecule has 0 unspecified atom stereocenters. The lowest BCUT2D eigenvalue weighted by atomic mass is 10.3. The lowest BCUT2D eigenvalue weighted by molar-refractivity contribution is 0.153. The number of aliphatic hydroxyl groups excluding tert-OH is 1.